The lowest BCUT2D eigenvalue weighted by molar-refractivity contribution is -0.134. The number of aromatic carboxylic acids is 1. The van der Waals surface area contributed by atoms with Crippen molar-refractivity contribution in [1.82, 2.24) is 0 Å². The normalized spacial score (nSPS) is 15.5. The largest absolute Gasteiger partial charge is 0.507 e. The van der Waals surface area contributed by atoms with Crippen molar-refractivity contribution in [2.75, 3.05) is 5.43 Å². The summed E-state index contributed by atoms with van der Waals surface area (Å²) in [4.78, 5) is 33.0. The molecule has 112 valence electrons. The average Bonchev–Trinajstić information content (AvgIpc) is 2.47. The molecule has 1 aliphatic rings. The molecule has 22 heavy (non-hydrogen) atoms. The highest BCUT2D eigenvalue weighted by molar-refractivity contribution is 6.29. The number of phenols is 1. The molecule has 0 amide bonds. The van der Waals surface area contributed by atoms with Crippen LogP contribution in [0.5, 0.6) is 5.75 Å². The molecule has 1 aromatic rings. The summed E-state index contributed by atoms with van der Waals surface area (Å²) in [6, 6.07) is 3.75. The van der Waals surface area contributed by atoms with E-state index in [4.69, 9.17) is 10.2 Å². The summed E-state index contributed by atoms with van der Waals surface area (Å²) in [6.45, 7) is 0. The van der Waals surface area contributed by atoms with E-state index in [1.165, 1.54) is 24.3 Å². The second-order valence-corrected chi connectivity index (χ2v) is 4.25. The summed E-state index contributed by atoms with van der Waals surface area (Å²) >= 11 is 0. The predicted molar refractivity (Wildman–Crippen MR) is 76.0 cm³/mol. The fourth-order valence-electron chi connectivity index (χ4n) is 1.66. The third-order valence-electron chi connectivity index (χ3n) is 2.73. The predicted octanol–water partition coefficient (Wildman–Crippen LogP) is 1.01. The van der Waals surface area contributed by atoms with Gasteiger partial charge in [0.25, 0.3) is 0 Å². The third-order valence-corrected chi connectivity index (χ3v) is 2.73. The van der Waals surface area contributed by atoms with Gasteiger partial charge in [0.15, 0.2) is 5.78 Å². The molecule has 0 unspecified atom stereocenters. The number of carboxylic acids is 2. The van der Waals surface area contributed by atoms with Crippen molar-refractivity contribution >= 4 is 29.1 Å². The van der Waals surface area contributed by atoms with Gasteiger partial charge >= 0.3 is 11.9 Å². The molecule has 4 N–H and O–H groups in total. The number of nitrogens with zero attached hydrogens (tertiary/aromatic N) is 1. The highest BCUT2D eigenvalue weighted by Gasteiger charge is 2.18. The Kier molecular flexibility index (Phi) is 4.03. The summed E-state index contributed by atoms with van der Waals surface area (Å²) in [5, 5.41) is 31.0. The third kappa shape index (κ3) is 3.18. The van der Waals surface area contributed by atoms with Crippen LogP contribution in [-0.4, -0.2) is 38.8 Å². The molecule has 0 aromatic heterocycles. The maximum atomic E-state index is 11.3. The lowest BCUT2D eigenvalue weighted by atomic mass is 10.0. The molecule has 8 heteroatoms. The van der Waals surface area contributed by atoms with Crippen molar-refractivity contribution in [3.8, 4) is 5.75 Å². The quantitative estimate of drug-likeness (QED) is 0.282. The minimum absolute atomic E-state index is 0.182. The van der Waals surface area contributed by atoms with Gasteiger partial charge in [0.05, 0.1) is 11.4 Å². The lowest BCUT2D eigenvalue weighted by Gasteiger charge is -2.07. The maximum Gasteiger partial charge on any atom is 0.339 e. The highest BCUT2D eigenvalue weighted by Crippen LogP contribution is 2.21. The van der Waals surface area contributed by atoms with Gasteiger partial charge in [-0.15, -0.1) is 0 Å². The number of carbonyl (C=O) groups is 3. The van der Waals surface area contributed by atoms with Gasteiger partial charge in [0.1, 0.15) is 16.9 Å². The van der Waals surface area contributed by atoms with Crippen molar-refractivity contribution in [2.45, 2.75) is 0 Å². The minimum Gasteiger partial charge on any atom is -0.507 e. The molecule has 0 heterocycles. The molecule has 0 saturated heterocycles. The van der Waals surface area contributed by atoms with E-state index in [9.17, 15) is 19.5 Å². The number of hydrogen-bond acceptors (Lipinski definition) is 6. The van der Waals surface area contributed by atoms with E-state index in [1.807, 2.05) is 0 Å². The van der Waals surface area contributed by atoms with Gasteiger partial charge in [-0.1, -0.05) is 0 Å². The van der Waals surface area contributed by atoms with Gasteiger partial charge in [0, 0.05) is 0 Å². The number of aromatic hydroxyl groups is 1. The number of hydrazone groups is 1. The van der Waals surface area contributed by atoms with Gasteiger partial charge in [0.2, 0.25) is 0 Å². The Morgan fingerprint density at radius 3 is 2.45 bits per heavy atom. The fraction of sp³-hybridized carbons (Fsp3) is 0. The summed E-state index contributed by atoms with van der Waals surface area (Å²) < 4.78 is 0. The molecule has 1 aromatic carbocycles. The smallest absolute Gasteiger partial charge is 0.339 e. The van der Waals surface area contributed by atoms with Crippen molar-refractivity contribution in [3.05, 3.63) is 47.6 Å². The lowest BCUT2D eigenvalue weighted by Crippen LogP contribution is -2.16. The number of aliphatic carboxylic acids is 1. The summed E-state index contributed by atoms with van der Waals surface area (Å²) in [7, 11) is 0. The standard InChI is InChI=1S/C14H10N2O6/c17-11-3-1-7(5-9(11)13(19)20)15-16-8-2-4-12(18)10(6-8)14(21)22/h1-6,15,17H,(H,19,20)(H,21,22)/b16-8-. The number of hydrogen-bond donors (Lipinski definition) is 4. The molecule has 0 saturated carbocycles. The van der Waals surface area contributed by atoms with Crippen LogP contribution < -0.4 is 5.43 Å². The Morgan fingerprint density at radius 1 is 1.09 bits per heavy atom. The number of rotatable bonds is 4. The molecular formula is C14H10N2O6. The van der Waals surface area contributed by atoms with Crippen LogP contribution >= 0.6 is 0 Å². The maximum absolute atomic E-state index is 11.3. The van der Waals surface area contributed by atoms with E-state index in [0.717, 1.165) is 12.2 Å². The molecule has 0 atom stereocenters. The fourth-order valence-corrected chi connectivity index (χ4v) is 1.66. The van der Waals surface area contributed by atoms with Crippen LogP contribution in [0.15, 0.2) is 47.1 Å². The first-order chi connectivity index (χ1) is 10.4. The van der Waals surface area contributed by atoms with E-state index in [0.29, 0.717) is 0 Å². The van der Waals surface area contributed by atoms with Crippen LogP contribution in [0.1, 0.15) is 10.4 Å². The molecule has 0 spiro atoms. The van der Waals surface area contributed by atoms with E-state index in [1.54, 1.807) is 0 Å². The van der Waals surface area contributed by atoms with Crippen molar-refractivity contribution in [3.63, 3.8) is 0 Å². The van der Waals surface area contributed by atoms with Crippen LogP contribution in [0.2, 0.25) is 0 Å². The van der Waals surface area contributed by atoms with Gasteiger partial charge in [-0.25, -0.2) is 9.59 Å². The monoisotopic (exact) mass is 302 g/mol. The molecule has 2 rings (SSSR count). The zero-order chi connectivity index (χ0) is 16.3. The average molecular weight is 302 g/mol. The van der Waals surface area contributed by atoms with Crippen LogP contribution in [0.3, 0.4) is 0 Å². The van der Waals surface area contributed by atoms with E-state index in [2.05, 4.69) is 10.5 Å². The van der Waals surface area contributed by atoms with E-state index >= 15 is 0 Å². The number of carbonyl (C=O) groups excluding carboxylic acids is 1. The topological polar surface area (TPSA) is 136 Å². The number of ketones is 1. The van der Waals surface area contributed by atoms with Crippen LogP contribution in [0.4, 0.5) is 5.69 Å². The van der Waals surface area contributed by atoms with Crippen molar-refractivity contribution in [2.24, 2.45) is 5.10 Å². The SMILES string of the molecule is O=C(O)C1=C/C(=N\Nc2ccc(O)c(C(=O)O)c2)C=CC1=O. The molecule has 0 bridgehead atoms. The van der Waals surface area contributed by atoms with Crippen LogP contribution in [0, 0.1) is 0 Å². The van der Waals surface area contributed by atoms with Gasteiger partial charge in [-0.3, -0.25) is 10.2 Å². The van der Waals surface area contributed by atoms with E-state index in [-0.39, 0.29) is 22.7 Å². The van der Waals surface area contributed by atoms with Crippen molar-refractivity contribution in [1.29, 1.82) is 0 Å². The molecule has 0 fully saturated rings. The first kappa shape index (κ1) is 15.0. The first-order valence-corrected chi connectivity index (χ1v) is 5.96. The Balaban J connectivity index is 2.24. The number of nitrogens with one attached hydrogen (secondary N) is 1. The number of benzene rings is 1. The molecule has 0 aliphatic heterocycles. The molecule has 1 aliphatic carbocycles. The number of allylic oxidation sites excluding steroid dienone is 3. The van der Waals surface area contributed by atoms with Gasteiger partial charge in [-0.05, 0) is 36.4 Å². The Labute approximate surface area is 123 Å². The first-order valence-electron chi connectivity index (χ1n) is 5.96. The molecule has 0 radical (unpaired) electrons. The van der Waals surface area contributed by atoms with Crippen LogP contribution in [0.25, 0.3) is 0 Å². The van der Waals surface area contributed by atoms with Crippen LogP contribution in [-0.2, 0) is 9.59 Å². The second-order valence-electron chi connectivity index (χ2n) is 4.25. The number of carboxylic acid groups (broad SMARTS) is 2. The van der Waals surface area contributed by atoms with E-state index < -0.39 is 23.3 Å². The highest BCUT2D eigenvalue weighted by atomic mass is 16.4. The Bertz CT molecular complexity index is 761. The Morgan fingerprint density at radius 2 is 1.82 bits per heavy atom. The summed E-state index contributed by atoms with van der Waals surface area (Å²) in [6.07, 6.45) is 3.49. The van der Waals surface area contributed by atoms with Gasteiger partial charge in [-0.2, -0.15) is 5.10 Å². The molecular weight excluding hydrogens is 292 g/mol. The number of anilines is 1. The Hall–Kier alpha value is -3.42. The zero-order valence-corrected chi connectivity index (χ0v) is 11.0. The summed E-state index contributed by atoms with van der Waals surface area (Å²) in [5.41, 5.74) is 2.26. The second kappa shape index (κ2) is 5.92. The van der Waals surface area contributed by atoms with Gasteiger partial charge < -0.3 is 15.3 Å². The van der Waals surface area contributed by atoms with Crippen molar-refractivity contribution < 1.29 is 29.7 Å². The summed E-state index contributed by atoms with van der Waals surface area (Å²) in [5.74, 6) is -3.68. The minimum atomic E-state index is -1.36. The molecule has 8 nitrogen and oxygen atoms in total. The zero-order valence-electron chi connectivity index (χ0n) is 11.0.